The fourth-order valence-electron chi connectivity index (χ4n) is 6.46. The second-order valence-electron chi connectivity index (χ2n) is 12.2. The van der Waals surface area contributed by atoms with Gasteiger partial charge in [0, 0.05) is 11.1 Å². The predicted molar refractivity (Wildman–Crippen MR) is 190 cm³/mol. The summed E-state index contributed by atoms with van der Waals surface area (Å²) in [6, 6.07) is 53.6. The Bertz CT molecular complexity index is 2030. The van der Waals surface area contributed by atoms with Gasteiger partial charge in [-0.1, -0.05) is 153 Å². The average molecular weight is 581 g/mol. The van der Waals surface area contributed by atoms with E-state index in [1.54, 1.807) is 0 Å². The van der Waals surface area contributed by atoms with Gasteiger partial charge in [-0.05, 0) is 79.4 Å². The predicted octanol–water partition coefficient (Wildman–Crippen LogP) is 10.3. The van der Waals surface area contributed by atoms with Gasteiger partial charge in [0.2, 0.25) is 0 Å². The van der Waals surface area contributed by atoms with Crippen molar-refractivity contribution in [2.24, 2.45) is 10.7 Å². The van der Waals surface area contributed by atoms with E-state index in [0.29, 0.717) is 12.2 Å². The van der Waals surface area contributed by atoms with Crippen LogP contribution in [0.15, 0.2) is 163 Å². The van der Waals surface area contributed by atoms with E-state index in [1.165, 1.54) is 44.5 Å². The lowest BCUT2D eigenvalue weighted by molar-refractivity contribution is 0.660. The highest BCUT2D eigenvalue weighted by Gasteiger charge is 2.35. The number of hydrogen-bond donors (Lipinski definition) is 1. The molecule has 0 heterocycles. The molecule has 0 radical (unpaired) electrons. The lowest BCUT2D eigenvalue weighted by atomic mass is 9.81. The molecule has 2 heteroatoms. The van der Waals surface area contributed by atoms with Gasteiger partial charge in [0.05, 0.1) is 12.3 Å². The Labute approximate surface area is 266 Å². The molecule has 6 aromatic rings. The minimum atomic E-state index is -0.00572. The van der Waals surface area contributed by atoms with E-state index in [1.807, 2.05) is 54.6 Å². The van der Waals surface area contributed by atoms with Crippen LogP contribution in [0.25, 0.3) is 39.1 Å². The Kier molecular flexibility index (Phi) is 7.49. The summed E-state index contributed by atoms with van der Waals surface area (Å²) in [6.45, 7) is 5.22. The third kappa shape index (κ3) is 5.63. The second kappa shape index (κ2) is 11.9. The molecule has 2 N–H and O–H groups in total. The molecule has 1 aliphatic carbocycles. The van der Waals surface area contributed by atoms with Gasteiger partial charge in [0.1, 0.15) is 0 Å². The smallest absolute Gasteiger partial charge is 0.0671 e. The molecule has 0 atom stereocenters. The van der Waals surface area contributed by atoms with Crippen LogP contribution in [0.4, 0.5) is 0 Å². The number of benzene rings is 6. The number of nitrogens with zero attached hydrogens (tertiary/aromatic N) is 1. The Balaban J connectivity index is 1.14. The summed E-state index contributed by atoms with van der Waals surface area (Å²) >= 11 is 0. The topological polar surface area (TPSA) is 38.4 Å². The van der Waals surface area contributed by atoms with Gasteiger partial charge in [-0.15, -0.1) is 0 Å². The first kappa shape index (κ1) is 28.3. The Hall–Kier alpha value is -5.47. The van der Waals surface area contributed by atoms with Crippen LogP contribution in [-0.2, 0) is 12.0 Å². The maximum atomic E-state index is 6.50. The molecule has 0 aliphatic heterocycles. The van der Waals surface area contributed by atoms with E-state index in [4.69, 9.17) is 10.7 Å². The third-order valence-corrected chi connectivity index (χ3v) is 8.96. The second-order valence-corrected chi connectivity index (χ2v) is 12.2. The van der Waals surface area contributed by atoms with E-state index in [2.05, 4.69) is 117 Å². The highest BCUT2D eigenvalue weighted by Crippen LogP contribution is 2.49. The number of aliphatic imine (C=N–C) groups is 1. The van der Waals surface area contributed by atoms with Crippen molar-refractivity contribution in [2.75, 3.05) is 0 Å². The monoisotopic (exact) mass is 580 g/mol. The lowest BCUT2D eigenvalue weighted by Crippen LogP contribution is -2.14. The molecular weight excluding hydrogens is 544 g/mol. The molecule has 0 unspecified atom stereocenters. The maximum absolute atomic E-state index is 6.50. The van der Waals surface area contributed by atoms with Crippen LogP contribution >= 0.6 is 0 Å². The van der Waals surface area contributed by atoms with Crippen LogP contribution in [0.5, 0.6) is 0 Å². The minimum absolute atomic E-state index is 0.00572. The summed E-state index contributed by atoms with van der Waals surface area (Å²) in [5, 5.41) is 0. The molecule has 7 rings (SSSR count). The van der Waals surface area contributed by atoms with Gasteiger partial charge >= 0.3 is 0 Å². The molecule has 0 aromatic heterocycles. The largest absolute Gasteiger partial charge is 0.398 e. The van der Waals surface area contributed by atoms with Gasteiger partial charge in [-0.25, -0.2) is 0 Å². The zero-order valence-corrected chi connectivity index (χ0v) is 25.7. The van der Waals surface area contributed by atoms with Gasteiger partial charge in [-0.2, -0.15) is 0 Å². The number of hydrogen-bond acceptors (Lipinski definition) is 2. The fraction of sp³-hybridized carbons (Fsp3) is 0.0930. The van der Waals surface area contributed by atoms with Crippen LogP contribution in [0.1, 0.15) is 41.7 Å². The summed E-state index contributed by atoms with van der Waals surface area (Å²) in [6.07, 6.45) is 1.98. The molecule has 45 heavy (non-hydrogen) atoms. The van der Waals surface area contributed by atoms with E-state index in [9.17, 15) is 0 Å². The Morgan fingerprint density at radius 2 is 1.13 bits per heavy atom. The normalized spacial score (nSPS) is 13.7. The third-order valence-electron chi connectivity index (χ3n) is 8.96. The summed E-state index contributed by atoms with van der Waals surface area (Å²) in [5.74, 6) is 0. The summed E-state index contributed by atoms with van der Waals surface area (Å²) < 4.78 is 0. The highest BCUT2D eigenvalue weighted by atomic mass is 14.7. The first-order chi connectivity index (χ1) is 22.0. The Morgan fingerprint density at radius 1 is 0.556 bits per heavy atom. The maximum Gasteiger partial charge on any atom is 0.0671 e. The van der Waals surface area contributed by atoms with Crippen molar-refractivity contribution < 1.29 is 0 Å². The van der Waals surface area contributed by atoms with Gasteiger partial charge in [0.15, 0.2) is 0 Å². The average Bonchev–Trinajstić information content (AvgIpc) is 3.33. The van der Waals surface area contributed by atoms with Crippen molar-refractivity contribution in [1.82, 2.24) is 0 Å². The number of nitrogens with two attached hydrogens (primary N) is 1. The zero-order valence-electron chi connectivity index (χ0n) is 25.7. The summed E-state index contributed by atoms with van der Waals surface area (Å²) in [7, 11) is 0. The summed E-state index contributed by atoms with van der Waals surface area (Å²) in [5.41, 5.74) is 21.6. The van der Waals surface area contributed by atoms with Crippen molar-refractivity contribution in [3.05, 3.63) is 186 Å². The molecule has 218 valence electrons. The SMILES string of the molecule is CC1(C)c2ccccc2-c2ccc(-c3ccc(-c4cccc(CN=C(/C=C(\N)c5ccccc5)c5ccccc5)c4)cc3)cc21. The van der Waals surface area contributed by atoms with Crippen LogP contribution in [0, 0.1) is 0 Å². The number of allylic oxidation sites excluding steroid dienone is 1. The van der Waals surface area contributed by atoms with Crippen molar-refractivity contribution in [3.8, 4) is 33.4 Å². The van der Waals surface area contributed by atoms with Crippen LogP contribution < -0.4 is 5.73 Å². The molecule has 0 amide bonds. The molecule has 6 aromatic carbocycles. The van der Waals surface area contributed by atoms with Crippen LogP contribution in [0.3, 0.4) is 0 Å². The summed E-state index contributed by atoms with van der Waals surface area (Å²) in [4.78, 5) is 5.03. The van der Waals surface area contributed by atoms with Gasteiger partial charge < -0.3 is 5.73 Å². The van der Waals surface area contributed by atoms with E-state index in [0.717, 1.165) is 22.4 Å². The molecule has 2 nitrogen and oxygen atoms in total. The molecule has 1 aliphatic rings. The molecule has 0 spiro atoms. The zero-order chi connectivity index (χ0) is 30.8. The molecule has 0 fully saturated rings. The van der Waals surface area contributed by atoms with Crippen LogP contribution in [0.2, 0.25) is 0 Å². The Morgan fingerprint density at radius 3 is 1.84 bits per heavy atom. The van der Waals surface area contributed by atoms with E-state index >= 15 is 0 Å². The van der Waals surface area contributed by atoms with Crippen molar-refractivity contribution in [2.45, 2.75) is 25.8 Å². The molecular formula is C43H36N2. The van der Waals surface area contributed by atoms with Gasteiger partial charge in [-0.3, -0.25) is 4.99 Å². The first-order valence-corrected chi connectivity index (χ1v) is 15.5. The quantitative estimate of drug-likeness (QED) is 0.187. The first-order valence-electron chi connectivity index (χ1n) is 15.5. The standard InChI is InChI=1S/C43H36N2/c1-43(2)39-19-10-9-18-37(39)38-25-24-36(27-40(38)43)32-22-20-31(21-23-32)35-17-11-12-30(26-35)29-45-42(34-15-7-4-8-16-34)28-41(44)33-13-5-3-6-14-33/h3-28H,29,44H2,1-2H3/b41-28-,45-42?. The minimum Gasteiger partial charge on any atom is -0.398 e. The molecule has 0 saturated heterocycles. The molecule has 0 saturated carbocycles. The van der Waals surface area contributed by atoms with Gasteiger partial charge in [0.25, 0.3) is 0 Å². The fourth-order valence-corrected chi connectivity index (χ4v) is 6.46. The van der Waals surface area contributed by atoms with Crippen molar-refractivity contribution >= 4 is 11.4 Å². The number of rotatable bonds is 7. The van der Waals surface area contributed by atoms with Crippen molar-refractivity contribution in [3.63, 3.8) is 0 Å². The van der Waals surface area contributed by atoms with E-state index < -0.39 is 0 Å². The lowest BCUT2D eigenvalue weighted by Gasteiger charge is -2.22. The van der Waals surface area contributed by atoms with Crippen LogP contribution in [-0.4, -0.2) is 5.71 Å². The molecule has 0 bridgehead atoms. The van der Waals surface area contributed by atoms with E-state index in [-0.39, 0.29) is 5.41 Å². The number of fused-ring (bicyclic) bond motifs is 3. The van der Waals surface area contributed by atoms with Crippen molar-refractivity contribution in [1.29, 1.82) is 0 Å². The highest BCUT2D eigenvalue weighted by molar-refractivity contribution is 6.12.